The molecule has 3 nitrogen and oxygen atoms in total. The number of aromatic nitrogens is 1. The van der Waals surface area contributed by atoms with Gasteiger partial charge in [-0.2, -0.15) is 0 Å². The molecule has 0 radical (unpaired) electrons. The number of hydrogen-bond acceptors (Lipinski definition) is 3. The molecule has 0 bridgehead atoms. The Bertz CT molecular complexity index is 478. The predicted octanol–water partition coefficient (Wildman–Crippen LogP) is 2.40. The molecule has 3 rings (SSSR count). The van der Waals surface area contributed by atoms with Gasteiger partial charge in [0.1, 0.15) is 5.76 Å². The van der Waals surface area contributed by atoms with Crippen LogP contribution in [0.25, 0.3) is 0 Å². The summed E-state index contributed by atoms with van der Waals surface area (Å²) in [6.45, 7) is 0.462. The van der Waals surface area contributed by atoms with Crippen LogP contribution in [-0.2, 0) is 6.54 Å². The molecule has 1 aromatic heterocycles. The third-order valence-corrected chi connectivity index (χ3v) is 3.22. The molecule has 1 saturated carbocycles. The number of oxazole rings is 1. The first-order chi connectivity index (χ1) is 7.90. The fourth-order valence-corrected chi connectivity index (χ4v) is 2.29. The lowest BCUT2D eigenvalue weighted by Gasteiger charge is -1.99. The molecule has 1 aliphatic carbocycles. The number of nitrogens with zero attached hydrogens (tertiary/aromatic N) is 1. The van der Waals surface area contributed by atoms with Crippen molar-refractivity contribution < 1.29 is 4.42 Å². The molecule has 1 heterocycles. The van der Waals surface area contributed by atoms with Crippen molar-refractivity contribution >= 4 is 0 Å². The highest BCUT2D eigenvalue weighted by Gasteiger charge is 2.43. The minimum Gasteiger partial charge on any atom is -0.448 e. The Morgan fingerprint density at radius 1 is 1.25 bits per heavy atom. The Morgan fingerprint density at radius 3 is 2.81 bits per heavy atom. The Balaban J connectivity index is 1.82. The van der Waals surface area contributed by atoms with Crippen molar-refractivity contribution in [3.05, 3.63) is 53.7 Å². The lowest BCUT2D eigenvalue weighted by atomic mass is 10.1. The van der Waals surface area contributed by atoms with Crippen LogP contribution in [0.3, 0.4) is 0 Å². The first kappa shape index (κ1) is 9.60. The van der Waals surface area contributed by atoms with E-state index < -0.39 is 0 Å². The first-order valence-electron chi connectivity index (χ1n) is 5.57. The Labute approximate surface area is 94.3 Å². The van der Waals surface area contributed by atoms with Gasteiger partial charge in [0.15, 0.2) is 6.39 Å². The van der Waals surface area contributed by atoms with E-state index in [4.69, 9.17) is 10.2 Å². The minimum absolute atomic E-state index is 0.462. The van der Waals surface area contributed by atoms with E-state index in [9.17, 15) is 0 Å². The van der Waals surface area contributed by atoms with Crippen molar-refractivity contribution in [3.8, 4) is 0 Å². The normalized spacial score (nSPS) is 23.3. The van der Waals surface area contributed by atoms with Gasteiger partial charge in [-0.25, -0.2) is 4.98 Å². The largest absolute Gasteiger partial charge is 0.448 e. The van der Waals surface area contributed by atoms with Crippen LogP contribution in [0.4, 0.5) is 0 Å². The van der Waals surface area contributed by atoms with Crippen LogP contribution in [-0.4, -0.2) is 4.98 Å². The quantitative estimate of drug-likeness (QED) is 0.853. The van der Waals surface area contributed by atoms with E-state index in [-0.39, 0.29) is 0 Å². The third-order valence-electron chi connectivity index (χ3n) is 3.22. The van der Waals surface area contributed by atoms with E-state index in [0.29, 0.717) is 18.4 Å². The van der Waals surface area contributed by atoms with Gasteiger partial charge in [0.2, 0.25) is 0 Å². The third kappa shape index (κ3) is 1.53. The summed E-state index contributed by atoms with van der Waals surface area (Å²) < 4.78 is 5.44. The van der Waals surface area contributed by atoms with E-state index in [1.54, 1.807) is 0 Å². The number of benzene rings is 1. The van der Waals surface area contributed by atoms with Gasteiger partial charge >= 0.3 is 0 Å². The molecule has 1 aromatic carbocycles. The molecule has 2 unspecified atom stereocenters. The average Bonchev–Trinajstić information content (AvgIpc) is 3.00. The Kier molecular flexibility index (Phi) is 2.26. The summed E-state index contributed by atoms with van der Waals surface area (Å²) in [5.41, 5.74) is 7.91. The van der Waals surface area contributed by atoms with Crippen LogP contribution in [0.1, 0.15) is 35.3 Å². The maximum Gasteiger partial charge on any atom is 0.181 e. The summed E-state index contributed by atoms with van der Waals surface area (Å²) >= 11 is 0. The fraction of sp³-hybridized carbons (Fsp3) is 0.308. The molecule has 16 heavy (non-hydrogen) atoms. The van der Waals surface area contributed by atoms with Gasteiger partial charge in [-0.1, -0.05) is 30.3 Å². The molecule has 0 spiro atoms. The van der Waals surface area contributed by atoms with Crippen LogP contribution in [0, 0.1) is 0 Å². The summed E-state index contributed by atoms with van der Waals surface area (Å²) in [6, 6.07) is 10.5. The van der Waals surface area contributed by atoms with Crippen LogP contribution in [0.2, 0.25) is 0 Å². The lowest BCUT2D eigenvalue weighted by Crippen LogP contribution is -1.99. The zero-order valence-electron chi connectivity index (χ0n) is 8.97. The van der Waals surface area contributed by atoms with Crippen molar-refractivity contribution in [1.82, 2.24) is 4.98 Å². The summed E-state index contributed by atoms with van der Waals surface area (Å²) in [5, 5.41) is 0. The Morgan fingerprint density at radius 2 is 2.06 bits per heavy atom. The Hall–Kier alpha value is -1.61. The van der Waals surface area contributed by atoms with Crippen molar-refractivity contribution in [3.63, 3.8) is 0 Å². The molecule has 0 amide bonds. The van der Waals surface area contributed by atoms with Crippen LogP contribution in [0.5, 0.6) is 0 Å². The van der Waals surface area contributed by atoms with E-state index in [1.807, 2.05) is 6.07 Å². The highest BCUT2D eigenvalue weighted by atomic mass is 16.3. The maximum absolute atomic E-state index is 5.62. The number of hydrogen-bond donors (Lipinski definition) is 1. The highest BCUT2D eigenvalue weighted by molar-refractivity contribution is 5.33. The molecule has 1 aliphatic rings. The molecular weight excluding hydrogens is 200 g/mol. The zero-order chi connectivity index (χ0) is 11.0. The van der Waals surface area contributed by atoms with Crippen LogP contribution < -0.4 is 5.73 Å². The summed E-state index contributed by atoms with van der Waals surface area (Å²) in [4.78, 5) is 4.13. The van der Waals surface area contributed by atoms with E-state index >= 15 is 0 Å². The van der Waals surface area contributed by atoms with Crippen molar-refractivity contribution in [2.24, 2.45) is 5.73 Å². The summed E-state index contributed by atoms with van der Waals surface area (Å²) in [6.07, 6.45) is 2.64. The maximum atomic E-state index is 5.62. The molecule has 3 heteroatoms. The van der Waals surface area contributed by atoms with Gasteiger partial charge in [-0.15, -0.1) is 0 Å². The SMILES string of the molecule is NCc1ncoc1C1CC1c1ccccc1. The van der Waals surface area contributed by atoms with Gasteiger partial charge in [0, 0.05) is 12.5 Å². The monoisotopic (exact) mass is 214 g/mol. The van der Waals surface area contributed by atoms with Gasteiger partial charge in [-0.3, -0.25) is 0 Å². The fourth-order valence-electron chi connectivity index (χ4n) is 2.29. The molecule has 2 N–H and O–H groups in total. The predicted molar refractivity (Wildman–Crippen MR) is 60.9 cm³/mol. The standard InChI is InChI=1S/C13H14N2O/c14-7-12-13(16-8-15-12)11-6-10(11)9-4-2-1-3-5-9/h1-5,8,10-11H,6-7,14H2. The average molecular weight is 214 g/mol. The van der Waals surface area contributed by atoms with Crippen molar-refractivity contribution in [2.75, 3.05) is 0 Å². The number of rotatable bonds is 3. The minimum atomic E-state index is 0.462. The first-order valence-corrected chi connectivity index (χ1v) is 5.57. The molecule has 1 fully saturated rings. The van der Waals surface area contributed by atoms with Gasteiger partial charge in [0.05, 0.1) is 5.69 Å². The summed E-state index contributed by atoms with van der Waals surface area (Å²) in [7, 11) is 0. The van der Waals surface area contributed by atoms with E-state index in [1.165, 1.54) is 12.0 Å². The van der Waals surface area contributed by atoms with Gasteiger partial charge < -0.3 is 10.2 Å². The van der Waals surface area contributed by atoms with Gasteiger partial charge in [-0.05, 0) is 17.9 Å². The van der Waals surface area contributed by atoms with E-state index in [2.05, 4.69) is 29.2 Å². The molecule has 0 aliphatic heterocycles. The second-order valence-electron chi connectivity index (χ2n) is 4.23. The van der Waals surface area contributed by atoms with Gasteiger partial charge in [0.25, 0.3) is 0 Å². The smallest absolute Gasteiger partial charge is 0.181 e. The van der Waals surface area contributed by atoms with Crippen molar-refractivity contribution in [1.29, 1.82) is 0 Å². The zero-order valence-corrected chi connectivity index (χ0v) is 8.97. The highest BCUT2D eigenvalue weighted by Crippen LogP contribution is 2.55. The molecule has 82 valence electrons. The van der Waals surface area contributed by atoms with Crippen LogP contribution in [0.15, 0.2) is 41.1 Å². The van der Waals surface area contributed by atoms with Crippen LogP contribution >= 0.6 is 0 Å². The second-order valence-corrected chi connectivity index (χ2v) is 4.23. The molecule has 0 saturated heterocycles. The number of nitrogens with two attached hydrogens (primary N) is 1. The summed E-state index contributed by atoms with van der Waals surface area (Å²) in [5.74, 6) is 2.04. The lowest BCUT2D eigenvalue weighted by molar-refractivity contribution is 0.500. The topological polar surface area (TPSA) is 52.0 Å². The van der Waals surface area contributed by atoms with Crippen molar-refractivity contribution in [2.45, 2.75) is 24.8 Å². The second kappa shape index (κ2) is 3.76. The molecule has 2 aromatic rings. The molecule has 2 atom stereocenters. The van der Waals surface area contributed by atoms with E-state index in [0.717, 1.165) is 17.9 Å². The molecular formula is C13H14N2O.